The number of rotatable bonds is 12. The third kappa shape index (κ3) is 23.5. The molecule has 9 aromatic heterocycles. The molecule has 21 aromatic rings. The summed E-state index contributed by atoms with van der Waals surface area (Å²) in [6, 6.07) is 99.7. The maximum Gasteiger partial charge on any atom is 0.128 e. The Balaban J connectivity index is 0.000000143. The summed E-state index contributed by atoms with van der Waals surface area (Å²) >= 11 is 0. The van der Waals surface area contributed by atoms with E-state index >= 15 is 0 Å². The van der Waals surface area contributed by atoms with Gasteiger partial charge in [0.05, 0.1) is 16.7 Å². The summed E-state index contributed by atoms with van der Waals surface area (Å²) in [4.78, 5) is 26.5. The maximum absolute atomic E-state index is 8.94. The van der Waals surface area contributed by atoms with Crippen molar-refractivity contribution in [3.8, 4) is 67.5 Å². The van der Waals surface area contributed by atoms with Crippen LogP contribution in [0.3, 0.4) is 0 Å². The molecule has 23 rings (SSSR count). The monoisotopic (exact) mass is 2360 g/mol. The van der Waals surface area contributed by atoms with Crippen molar-refractivity contribution in [2.24, 2.45) is 22.7 Å². The number of pyridine rings is 6. The Morgan fingerprint density at radius 2 is 0.667 bits per heavy atom. The summed E-state index contributed by atoms with van der Waals surface area (Å²) in [5.74, 6) is -0.424. The van der Waals surface area contributed by atoms with E-state index in [1.54, 1.807) is 42.5 Å². The number of furan rings is 3. The van der Waals surface area contributed by atoms with Crippen LogP contribution in [0.15, 0.2) is 305 Å². The minimum atomic E-state index is -2.46. The van der Waals surface area contributed by atoms with Crippen molar-refractivity contribution in [2.75, 3.05) is 0 Å². The molecule has 9 nitrogen and oxygen atoms in total. The van der Waals surface area contributed by atoms with E-state index in [-0.39, 0.29) is 122 Å². The molecule has 0 spiro atoms. The third-order valence-electron chi connectivity index (χ3n) is 24.7. The van der Waals surface area contributed by atoms with E-state index in [9.17, 15) is 0 Å². The summed E-state index contributed by atoms with van der Waals surface area (Å²) < 4.78 is 169. The summed E-state index contributed by atoms with van der Waals surface area (Å²) in [6.45, 7) is 8.65. The molecular weight excluding hydrogens is 2220 g/mol. The average molecular weight is 2360 g/mol. The fourth-order valence-electron chi connectivity index (χ4n) is 17.8. The molecule has 9 heterocycles. The van der Waals surface area contributed by atoms with Gasteiger partial charge in [0, 0.05) is 156 Å². The summed E-state index contributed by atoms with van der Waals surface area (Å²) in [5, 5.41) is 12.6. The van der Waals surface area contributed by atoms with Gasteiger partial charge in [0.2, 0.25) is 0 Å². The van der Waals surface area contributed by atoms with Crippen LogP contribution in [0.1, 0.15) is 186 Å². The van der Waals surface area contributed by atoms with Gasteiger partial charge in [-0.15, -0.1) is 161 Å². The Morgan fingerprint density at radius 1 is 0.297 bits per heavy atom. The van der Waals surface area contributed by atoms with Gasteiger partial charge in [0.1, 0.15) is 16.7 Å². The van der Waals surface area contributed by atoms with Crippen LogP contribution in [0.25, 0.3) is 166 Å². The van der Waals surface area contributed by atoms with Gasteiger partial charge in [0.25, 0.3) is 0 Å². The number of aryl methyl sites for hydroxylation is 8. The van der Waals surface area contributed by atoms with Gasteiger partial charge in [0.15, 0.2) is 0 Å². The van der Waals surface area contributed by atoms with Crippen molar-refractivity contribution in [1.82, 2.24) is 29.9 Å². The van der Waals surface area contributed by atoms with Crippen molar-refractivity contribution >= 4 is 98.1 Å². The van der Waals surface area contributed by atoms with Gasteiger partial charge in [-0.05, 0) is 179 Å². The minimum Gasteiger partial charge on any atom is -0.500 e. The molecule has 0 saturated heterocycles. The quantitative estimate of drug-likeness (QED) is 0.110. The number of hydrogen-bond acceptors (Lipinski definition) is 9. The Bertz CT molecular complexity index is 8350. The van der Waals surface area contributed by atoms with E-state index in [0.717, 1.165) is 180 Å². The Morgan fingerprint density at radius 3 is 1.06 bits per heavy atom. The molecule has 0 bridgehead atoms. The average Bonchev–Trinajstić information content (AvgIpc) is 1.60. The summed E-state index contributed by atoms with van der Waals surface area (Å²) in [7, 11) is 0. The van der Waals surface area contributed by atoms with Gasteiger partial charge in [-0.3, -0.25) is 0 Å². The Labute approximate surface area is 880 Å². The SMILES string of the molecule is CC(C)(C)Cc1cnc(-c2[c-]ccc3c2oc2c4ccccc4ccc32)cc1CC(C)(C)C.Cc1c[c-]c(-c2cc(C)c(C)cn2)cc1.[2H]C([2H])([2H])c1c[c-]c(-c2ccc(C([2H])([2H])[2H])cn2)cc1.[2H]C([2H])([2H])c1ccc(-c2[c-]cccc2)nc1.[2H]C([2H])([2H])c1cnc(-c2[c-]ccc3c2oc2c4ccccc4ccc32)cc1C([2H])([2H])C1CCCC1.[2H]C([2H])([2H])c1cnc(-c2[c-]ccc3c2oc2c4ccccc4ccc32)cc1C([2H])([2H])C1CCCC1.[Ir].[Ir].[Ir]. The molecule has 2 saturated carbocycles. The first-order valence-electron chi connectivity index (χ1n) is 55.6. The predicted molar refractivity (Wildman–Crippen MR) is 561 cm³/mol. The van der Waals surface area contributed by atoms with Crippen LogP contribution in [-0.2, 0) is 85.9 Å². The number of nitrogens with zero attached hydrogens (tertiary/aromatic N) is 6. The predicted octanol–water partition coefficient (Wildman–Crippen LogP) is 33.6. The Kier molecular flexibility index (Phi) is 25.1. The normalized spacial score (nSPS) is 15.4. The number of aromatic nitrogens is 6. The first-order valence-corrected chi connectivity index (χ1v) is 46.1. The molecule has 2 aliphatic carbocycles. The maximum atomic E-state index is 8.94. The van der Waals surface area contributed by atoms with Crippen molar-refractivity contribution in [3.63, 3.8) is 0 Å². The standard InChI is InChI=1S/C31H32NO.2C28H24NO.C14H14N.C13H12N.C12H10N.3Ir/c1-30(2,3)17-21-16-27(32-19-22(21)18-31(4,5)6)26-13-9-12-24-25-15-14-20-10-7-8-11-23(20)28(25)33-29(24)26;2*1-18-17-29-26(16-21(18)15-19-7-2-3-8-19)25-12-6-11-23-24-14-13-20-9-4-5-10-22(20)27(24)30-28(23)25;1-10-4-6-13(7-5-10)14-8-11(2)12(3)9-15-14;1-10-3-6-12(7-4-10)13-8-5-11(2)9-14-13;1-10-7-8-12(13-9-10)11-5-3-2-4-6-11;;;/h7-12,14-16,19H,17-18H2,1-6H3;2*4-6,9-11,13-14,16-17,19H,2-3,7-8,15H2,1H3;4-6,8-9H,1-3H3;3-6,8-9H,1-2H3;2-5,7-9H,1H3;;;/q6*-1;;;/i;2*1D3,15D2;;1D3,2D3;1D3;;;. The van der Waals surface area contributed by atoms with Crippen LogP contribution >= 0.6 is 0 Å². The van der Waals surface area contributed by atoms with Crippen molar-refractivity contribution < 1.29 is 99.6 Å². The topological polar surface area (TPSA) is 117 Å². The van der Waals surface area contributed by atoms with Gasteiger partial charge >= 0.3 is 0 Å². The molecule has 0 aliphatic heterocycles. The van der Waals surface area contributed by atoms with E-state index < -0.39 is 47.0 Å². The zero-order chi connectivity index (χ0) is 110. The van der Waals surface area contributed by atoms with Crippen LogP contribution in [0.4, 0.5) is 0 Å². The largest absolute Gasteiger partial charge is 0.500 e. The van der Waals surface area contributed by atoms with Crippen molar-refractivity contribution in [3.05, 3.63) is 395 Å². The fraction of sp³-hybridized carbons (Fsp3) is 0.238. The zero-order valence-electron chi connectivity index (χ0n) is 97.3. The molecule has 2 fully saturated rings. The van der Waals surface area contributed by atoms with E-state index in [1.807, 2.05) is 121 Å². The molecule has 0 N–H and O–H groups in total. The van der Waals surface area contributed by atoms with Crippen LogP contribution < -0.4 is 0 Å². The van der Waals surface area contributed by atoms with Crippen LogP contribution in [0.5, 0.6) is 0 Å². The second-order valence-corrected chi connectivity index (χ2v) is 37.4. The molecule has 0 amide bonds. The zero-order valence-corrected chi connectivity index (χ0v) is 85.5. The summed E-state index contributed by atoms with van der Waals surface area (Å²) in [6.07, 6.45) is 14.7. The number of benzene rings is 12. The minimum absolute atomic E-state index is 0. The molecule has 0 atom stereocenters. The van der Waals surface area contributed by atoms with Gasteiger partial charge in [-0.2, -0.15) is 0 Å². The second kappa shape index (κ2) is 44.6. The Hall–Kier alpha value is -12.3. The number of fused-ring (bicyclic) bond motifs is 15. The second-order valence-electron chi connectivity index (χ2n) is 37.4. The fourth-order valence-corrected chi connectivity index (χ4v) is 17.8. The molecule has 12 heteroatoms. The van der Waals surface area contributed by atoms with E-state index in [1.165, 1.54) is 76.2 Å². The smallest absolute Gasteiger partial charge is 0.128 e. The van der Waals surface area contributed by atoms with Gasteiger partial charge in [-0.1, -0.05) is 314 Å². The van der Waals surface area contributed by atoms with Crippen molar-refractivity contribution in [2.45, 2.75) is 174 Å². The molecular formula is C126H116Ir3N6O3-6. The van der Waals surface area contributed by atoms with Gasteiger partial charge in [-0.25, -0.2) is 0 Å². The van der Waals surface area contributed by atoms with Crippen LogP contribution in [0.2, 0.25) is 0 Å². The third-order valence-corrected chi connectivity index (χ3v) is 24.7. The molecule has 701 valence electrons. The first-order chi connectivity index (χ1) is 73.0. The van der Waals surface area contributed by atoms with E-state index in [4.69, 9.17) is 44.3 Å². The van der Waals surface area contributed by atoms with Crippen LogP contribution in [-0.4, -0.2) is 29.9 Å². The molecule has 12 aromatic carbocycles. The van der Waals surface area contributed by atoms with E-state index in [0.29, 0.717) is 44.9 Å². The molecule has 0 unspecified atom stereocenters. The van der Waals surface area contributed by atoms with E-state index in [2.05, 4.69) is 209 Å². The number of hydrogen-bond donors (Lipinski definition) is 0. The first kappa shape index (κ1) is 77.6. The van der Waals surface area contributed by atoms with Crippen molar-refractivity contribution in [1.29, 1.82) is 0 Å². The molecule has 138 heavy (non-hydrogen) atoms. The van der Waals surface area contributed by atoms with Crippen LogP contribution in [0, 0.1) is 114 Å². The summed E-state index contributed by atoms with van der Waals surface area (Å²) in [5.41, 5.74) is 21.2. The van der Waals surface area contributed by atoms with Gasteiger partial charge < -0.3 is 43.2 Å². The molecule has 2 aliphatic rings. The molecule has 3 radical (unpaired) electrons.